The quantitative estimate of drug-likeness (QED) is 0.332. The molecule has 1 amide bonds. The van der Waals surface area contributed by atoms with Crippen molar-refractivity contribution in [2.45, 2.75) is 30.6 Å². The summed E-state index contributed by atoms with van der Waals surface area (Å²) in [6.45, 7) is 1.68. The van der Waals surface area contributed by atoms with Gasteiger partial charge in [0.1, 0.15) is 22.8 Å². The Hall–Kier alpha value is -3.21. The monoisotopic (exact) mass is 444 g/mol. The van der Waals surface area contributed by atoms with Crippen molar-refractivity contribution in [1.29, 1.82) is 0 Å². The molecule has 10 heteroatoms. The topological polar surface area (TPSA) is 182 Å². The van der Waals surface area contributed by atoms with E-state index in [1.165, 1.54) is 25.1 Å². The molecule has 0 heterocycles. The summed E-state index contributed by atoms with van der Waals surface area (Å²) in [6, 6.07) is 3.17. The maximum Gasteiger partial charge on any atom is 0.255 e. The number of phenolic OH excluding ortho intramolecular Hbond substituents is 1. The number of nitrogens with zero attached hydrogens (tertiary/aromatic N) is 1. The average molecular weight is 444 g/mol. The summed E-state index contributed by atoms with van der Waals surface area (Å²) >= 11 is 0. The number of primary amides is 1. The zero-order valence-corrected chi connectivity index (χ0v) is 17.6. The molecule has 0 radical (unpaired) electrons. The van der Waals surface area contributed by atoms with Crippen molar-refractivity contribution in [2.24, 2.45) is 17.6 Å². The maximum absolute atomic E-state index is 13.3. The lowest BCUT2D eigenvalue weighted by Crippen LogP contribution is -2.68. The zero-order valence-electron chi connectivity index (χ0n) is 17.6. The molecule has 0 spiro atoms. The molecule has 6 atom stereocenters. The molecule has 0 saturated carbocycles. The van der Waals surface area contributed by atoms with Crippen LogP contribution in [0.4, 0.5) is 0 Å². The van der Waals surface area contributed by atoms with Crippen LogP contribution < -0.4 is 5.73 Å². The van der Waals surface area contributed by atoms with Crippen LogP contribution in [0.25, 0.3) is 0 Å². The van der Waals surface area contributed by atoms with Crippen LogP contribution in [0.1, 0.15) is 28.8 Å². The second-order valence-electron chi connectivity index (χ2n) is 8.79. The van der Waals surface area contributed by atoms with Gasteiger partial charge in [0, 0.05) is 11.5 Å². The predicted molar refractivity (Wildman–Crippen MR) is 110 cm³/mol. The number of likely N-dealkylation sites (N-methyl/N-ethyl adjacent to an activating group) is 1. The van der Waals surface area contributed by atoms with E-state index in [1.807, 2.05) is 0 Å². The molecule has 3 aliphatic rings. The summed E-state index contributed by atoms with van der Waals surface area (Å²) in [4.78, 5) is 39.8. The van der Waals surface area contributed by atoms with Crippen LogP contribution in [-0.2, 0) is 9.59 Å². The van der Waals surface area contributed by atoms with Gasteiger partial charge in [0.25, 0.3) is 5.91 Å². The number of rotatable bonds is 2. The fourth-order valence-corrected chi connectivity index (χ4v) is 5.58. The Kier molecular flexibility index (Phi) is 4.74. The van der Waals surface area contributed by atoms with E-state index in [0.717, 1.165) is 0 Å². The first-order valence-corrected chi connectivity index (χ1v) is 10.0. The molecule has 32 heavy (non-hydrogen) atoms. The molecule has 0 saturated heterocycles. The minimum absolute atomic E-state index is 0.104. The normalized spacial score (nSPS) is 34.4. The second kappa shape index (κ2) is 6.89. The number of hydrogen-bond donors (Lipinski definition) is 6. The van der Waals surface area contributed by atoms with E-state index < -0.39 is 75.6 Å². The number of benzene rings is 1. The summed E-state index contributed by atoms with van der Waals surface area (Å²) in [7, 11) is 2.98. The maximum atomic E-state index is 13.3. The van der Waals surface area contributed by atoms with Crippen molar-refractivity contribution >= 4 is 17.5 Å². The van der Waals surface area contributed by atoms with E-state index in [-0.39, 0.29) is 11.3 Å². The molecule has 7 N–H and O–H groups in total. The number of aliphatic hydroxyl groups is 4. The Balaban J connectivity index is 2.06. The molecule has 1 aromatic rings. The van der Waals surface area contributed by atoms with Crippen LogP contribution in [-0.4, -0.2) is 79.7 Å². The molecule has 0 aliphatic heterocycles. The number of nitrogens with two attached hydrogens (primary N) is 1. The molecule has 170 valence electrons. The molecular weight excluding hydrogens is 420 g/mol. The van der Waals surface area contributed by atoms with Gasteiger partial charge >= 0.3 is 0 Å². The lowest BCUT2D eigenvalue weighted by molar-refractivity contribution is -0.162. The summed E-state index contributed by atoms with van der Waals surface area (Å²) < 4.78 is 0. The van der Waals surface area contributed by atoms with Gasteiger partial charge in [-0.25, -0.2) is 0 Å². The van der Waals surface area contributed by atoms with E-state index >= 15 is 0 Å². The van der Waals surface area contributed by atoms with Gasteiger partial charge in [-0.05, 0) is 31.6 Å². The van der Waals surface area contributed by atoms with Crippen LogP contribution >= 0.6 is 0 Å². The molecule has 4 rings (SSSR count). The van der Waals surface area contributed by atoms with Gasteiger partial charge in [-0.1, -0.05) is 19.1 Å². The van der Waals surface area contributed by atoms with Crippen LogP contribution in [0.15, 0.2) is 40.9 Å². The highest BCUT2D eigenvalue weighted by Crippen LogP contribution is 2.55. The van der Waals surface area contributed by atoms with Crippen molar-refractivity contribution < 1.29 is 39.9 Å². The van der Waals surface area contributed by atoms with E-state index in [1.54, 1.807) is 19.1 Å². The first-order valence-electron chi connectivity index (χ1n) is 10.0. The Morgan fingerprint density at radius 3 is 2.34 bits per heavy atom. The van der Waals surface area contributed by atoms with E-state index in [0.29, 0.717) is 5.56 Å². The summed E-state index contributed by atoms with van der Waals surface area (Å²) in [5.41, 5.74) is 1.36. The smallest absolute Gasteiger partial charge is 0.255 e. The molecular formula is C22H24N2O8. The number of Topliss-reactive ketones (excluding diaryl/α,β-unsaturated/α-hetero) is 2. The van der Waals surface area contributed by atoms with Gasteiger partial charge in [0.2, 0.25) is 5.78 Å². The number of ketones is 2. The van der Waals surface area contributed by atoms with Crippen LogP contribution in [0.5, 0.6) is 5.75 Å². The summed E-state index contributed by atoms with van der Waals surface area (Å²) in [5, 5.41) is 55.0. The molecule has 0 fully saturated rings. The van der Waals surface area contributed by atoms with Gasteiger partial charge in [0.05, 0.1) is 23.6 Å². The van der Waals surface area contributed by atoms with Gasteiger partial charge in [0.15, 0.2) is 11.4 Å². The van der Waals surface area contributed by atoms with E-state index in [9.17, 15) is 39.9 Å². The van der Waals surface area contributed by atoms with E-state index in [2.05, 4.69) is 0 Å². The van der Waals surface area contributed by atoms with E-state index in [4.69, 9.17) is 5.73 Å². The first-order chi connectivity index (χ1) is 14.9. The fourth-order valence-electron chi connectivity index (χ4n) is 5.58. The lowest BCUT2D eigenvalue weighted by atomic mass is 9.55. The van der Waals surface area contributed by atoms with Crippen molar-refractivity contribution in [3.8, 4) is 5.75 Å². The zero-order chi connectivity index (χ0) is 23.9. The predicted octanol–water partition coefficient (Wildman–Crippen LogP) is -0.348. The SMILES string of the molecule is CC1c2cccc(O)c2C(=O)C2=C(O)[C@]3(O)C(=O)C(C(N)=O)=C(O)[C@@H](N(C)C)[C@@H]3[C@@H](O)[C@@H]21. The minimum atomic E-state index is -2.89. The number of aromatic hydroxyl groups is 1. The molecule has 3 aliphatic carbocycles. The Morgan fingerprint density at radius 1 is 1.16 bits per heavy atom. The summed E-state index contributed by atoms with van der Waals surface area (Å²) in [6.07, 6.45) is -1.59. The van der Waals surface area contributed by atoms with Gasteiger partial charge in [-0.3, -0.25) is 19.3 Å². The number of phenols is 1. The third kappa shape index (κ3) is 2.48. The minimum Gasteiger partial charge on any atom is -0.510 e. The number of amides is 1. The van der Waals surface area contributed by atoms with Crippen molar-refractivity contribution in [3.63, 3.8) is 0 Å². The third-order valence-electron chi connectivity index (χ3n) is 7.00. The molecule has 1 aromatic carbocycles. The third-order valence-corrected chi connectivity index (χ3v) is 7.00. The Morgan fingerprint density at radius 2 is 1.78 bits per heavy atom. The molecule has 1 unspecified atom stereocenters. The van der Waals surface area contributed by atoms with Crippen LogP contribution in [0.2, 0.25) is 0 Å². The van der Waals surface area contributed by atoms with Crippen LogP contribution in [0, 0.1) is 11.8 Å². The number of aliphatic hydroxyl groups excluding tert-OH is 3. The first kappa shape index (κ1) is 22.0. The summed E-state index contributed by atoms with van der Waals surface area (Å²) in [5.74, 6) is -8.86. The van der Waals surface area contributed by atoms with Crippen molar-refractivity contribution in [1.82, 2.24) is 4.90 Å². The van der Waals surface area contributed by atoms with Gasteiger partial charge in [-0.2, -0.15) is 0 Å². The Labute approximate surface area is 182 Å². The van der Waals surface area contributed by atoms with Gasteiger partial charge < -0.3 is 31.3 Å². The number of fused-ring (bicyclic) bond motifs is 3. The van der Waals surface area contributed by atoms with Gasteiger partial charge in [-0.15, -0.1) is 0 Å². The fraction of sp³-hybridized carbons (Fsp3) is 0.409. The second-order valence-corrected chi connectivity index (χ2v) is 8.79. The standard InChI is InChI=1S/C22H24N2O8/c1-7-8-5-4-6-9(25)11(8)16(26)12-10(7)17(27)14-15(24(2)3)18(28)13(21(23)31)20(30)22(14,32)19(12)29/h4-7,10,14-15,17,25,27-29,32H,1-3H3,(H2,23,31)/t7?,10-,14-,15+,17+,22+/m1/s1. The average Bonchev–Trinajstić information content (AvgIpc) is 2.70. The number of carbonyl (C=O) groups excluding carboxylic acids is 3. The number of carbonyl (C=O) groups is 3. The highest BCUT2D eigenvalue weighted by Gasteiger charge is 2.67. The number of hydrogen-bond acceptors (Lipinski definition) is 9. The van der Waals surface area contributed by atoms with Crippen molar-refractivity contribution in [3.05, 3.63) is 52.0 Å². The largest absolute Gasteiger partial charge is 0.510 e. The Bertz CT molecular complexity index is 1140. The lowest BCUT2D eigenvalue weighted by Gasteiger charge is -2.53. The highest BCUT2D eigenvalue weighted by atomic mass is 16.4. The molecule has 0 aromatic heterocycles. The van der Waals surface area contributed by atoms with Crippen LogP contribution in [0.3, 0.4) is 0 Å². The highest BCUT2D eigenvalue weighted by molar-refractivity contribution is 6.25. The molecule has 0 bridgehead atoms. The molecule has 10 nitrogen and oxygen atoms in total. The van der Waals surface area contributed by atoms with Crippen molar-refractivity contribution in [2.75, 3.05) is 14.1 Å².